The molecular weight excluding hydrogens is 1740 g/mol. The van der Waals surface area contributed by atoms with E-state index < -0.39 is 170 Å². The Morgan fingerprint density at radius 2 is 0.589 bits per heavy atom. The Hall–Kier alpha value is -9.95. The number of pyridine rings is 1. The number of carbonyl (C=O) groups is 6. The Morgan fingerprint density at radius 1 is 0.363 bits per heavy atom. The zero-order valence-electron chi connectivity index (χ0n) is 68.1. The molecule has 8 aromatic carbocycles. The van der Waals surface area contributed by atoms with E-state index in [2.05, 4.69) is 225 Å². The van der Waals surface area contributed by atoms with Gasteiger partial charge >= 0.3 is 51.6 Å². The summed E-state index contributed by atoms with van der Waals surface area (Å²) in [7, 11) is -19.0. The number of halogens is 9. The van der Waals surface area contributed by atoms with Crippen LogP contribution in [0.25, 0.3) is 21.5 Å². The largest absolute Gasteiger partial charge is 0.743 e. The average Bonchev–Trinajstić information content (AvgIpc) is 1.53. The van der Waals surface area contributed by atoms with E-state index in [9.17, 15) is 107 Å². The molecule has 9 unspecified atom stereocenters. The van der Waals surface area contributed by atoms with Gasteiger partial charge in [0.2, 0.25) is 35.3 Å². The summed E-state index contributed by atoms with van der Waals surface area (Å²) in [5.74, 6) is -5.70. The van der Waals surface area contributed by atoms with Crippen LogP contribution in [0.5, 0.6) is 0 Å². The van der Waals surface area contributed by atoms with Crippen LogP contribution in [0.15, 0.2) is 266 Å². The number of hydrogen-bond donors (Lipinski definition) is 0. The molecule has 0 amide bonds. The number of H-pyrrole nitrogens is 1. The van der Waals surface area contributed by atoms with Crippen molar-refractivity contribution in [3.05, 3.63) is 237 Å². The summed E-state index contributed by atoms with van der Waals surface area (Å²) >= 11 is 0. The zero-order chi connectivity index (χ0) is 91.5. The molecule has 3 saturated carbocycles. The summed E-state index contributed by atoms with van der Waals surface area (Å²) < 4.78 is 240. The molecule has 4 heterocycles. The molecule has 124 heavy (non-hydrogen) atoms. The molecule has 6 fully saturated rings. The smallest absolute Gasteiger partial charge is 0.368 e. The predicted octanol–water partition coefficient (Wildman–Crippen LogP) is 15.8. The van der Waals surface area contributed by atoms with E-state index in [0.29, 0.717) is 0 Å². The predicted molar refractivity (Wildman–Crippen MR) is 432 cm³/mol. The van der Waals surface area contributed by atoms with Crippen molar-refractivity contribution >= 4 is 110 Å². The van der Waals surface area contributed by atoms with Gasteiger partial charge in [0.05, 0.1) is 38.0 Å². The first-order valence-electron chi connectivity index (χ1n) is 38.5. The Bertz CT molecular complexity index is 5210. The van der Waals surface area contributed by atoms with Crippen LogP contribution in [0.3, 0.4) is 0 Å². The van der Waals surface area contributed by atoms with Crippen LogP contribution >= 0.6 is 0 Å². The van der Waals surface area contributed by atoms with Gasteiger partial charge in [-0.2, -0.15) is 26.3 Å². The fraction of sp³-hybridized carbons (Fsp3) is 0.375. The summed E-state index contributed by atoms with van der Waals surface area (Å²) in [4.78, 5) is 83.8. The molecule has 3 aliphatic heterocycles. The maximum absolute atomic E-state index is 13.4. The van der Waals surface area contributed by atoms with Crippen molar-refractivity contribution in [1.82, 2.24) is 0 Å². The molecule has 0 spiro atoms. The van der Waals surface area contributed by atoms with E-state index in [1.54, 1.807) is 62.3 Å². The quantitative estimate of drug-likeness (QED) is 0.0212. The number of hydrogen-bond acceptors (Lipinski definition) is 21. The molecule has 0 radical (unpaired) electrons. The number of aromatic nitrogens is 1. The number of nitrogens with one attached hydrogen (secondary N) is 1. The minimum Gasteiger partial charge on any atom is -0.743 e. The van der Waals surface area contributed by atoms with Crippen LogP contribution in [-0.4, -0.2) is 146 Å². The van der Waals surface area contributed by atoms with Crippen LogP contribution < -0.4 is 4.98 Å². The summed E-state index contributed by atoms with van der Waals surface area (Å²) in [5.41, 5.74) is -11.3. The first kappa shape index (κ1) is 96.3. The summed E-state index contributed by atoms with van der Waals surface area (Å²) in [6.07, 6.45) is -5.79. The van der Waals surface area contributed by atoms with Crippen LogP contribution in [0.4, 0.5) is 39.5 Å². The fourth-order valence-electron chi connectivity index (χ4n) is 15.8. The molecule has 6 bridgehead atoms. The van der Waals surface area contributed by atoms with E-state index in [4.69, 9.17) is 14.2 Å². The lowest BCUT2D eigenvalue weighted by atomic mass is 9.66. The third-order valence-electron chi connectivity index (χ3n) is 24.9. The van der Waals surface area contributed by atoms with Gasteiger partial charge in [-0.25, -0.2) is 57.8 Å². The molecule has 3 saturated heterocycles. The molecule has 9 atom stereocenters. The maximum Gasteiger partial charge on any atom is 0.368 e. The Labute approximate surface area is 716 Å². The van der Waals surface area contributed by atoms with Crippen LogP contribution in [0.1, 0.15) is 101 Å². The number of carbonyl (C=O) groups excluding carboxylic acids is 6. The molecular formula is C88H88F9NO21S5. The number of alkyl halides is 9. The van der Waals surface area contributed by atoms with E-state index in [-0.39, 0.29) is 60.3 Å². The number of esters is 6. The number of ether oxygens (including phenoxy) is 6. The van der Waals surface area contributed by atoms with Crippen molar-refractivity contribution in [2.45, 2.75) is 181 Å². The van der Waals surface area contributed by atoms with Crippen LogP contribution in [0.2, 0.25) is 0 Å². The van der Waals surface area contributed by atoms with Crippen LogP contribution in [0, 0.1) is 32.5 Å². The molecule has 1 aromatic heterocycles. The highest BCUT2D eigenvalue weighted by molar-refractivity contribution is 7.97. The number of benzene rings is 8. The fourth-order valence-corrected chi connectivity index (χ4v) is 21.4. The van der Waals surface area contributed by atoms with E-state index in [0.717, 1.165) is 0 Å². The number of aromatic amines is 1. The lowest BCUT2D eigenvalue weighted by Crippen LogP contribution is -2.50. The number of rotatable bonds is 21. The highest BCUT2D eigenvalue weighted by atomic mass is 32.2. The molecule has 9 aromatic rings. The third kappa shape index (κ3) is 17.6. The first-order chi connectivity index (χ1) is 57.8. The second kappa shape index (κ2) is 36.2. The lowest BCUT2D eigenvalue weighted by molar-refractivity contribution is -0.378. The third-order valence-corrected chi connectivity index (χ3v) is 32.2. The normalized spacial score (nSPS) is 23.8. The van der Waals surface area contributed by atoms with Crippen molar-refractivity contribution < 1.29 is 141 Å². The monoisotopic (exact) mass is 1830 g/mol. The topological polar surface area (TPSA) is 344 Å². The van der Waals surface area contributed by atoms with Crippen molar-refractivity contribution in [2.24, 2.45) is 32.5 Å². The van der Waals surface area contributed by atoms with Crippen molar-refractivity contribution in [1.29, 1.82) is 0 Å². The standard InChI is InChI=1S/2C22H17S.3C13H17F3O7S.C5H5N/c2*1-3-12-19(13-4-1)23(20-14-5-2-6-15-20)22-17-9-11-18-10-7-8-16-21(18)22;3*1-10(2)11(3)4-5-12(10,23-8(11)17)9(18)22-6-7(14)13(15,16)24(19,20)21;1-2-4-6-5-3-1/h2*1-17H;3*7H,4-6H2,1-3H3,(H,19,20,21);1-5H/q2*+1;;;;/p-2. The minimum absolute atomic E-state index is 0.0638. The van der Waals surface area contributed by atoms with E-state index in [1.807, 2.05) is 30.6 Å². The van der Waals surface area contributed by atoms with E-state index >= 15 is 0 Å². The van der Waals surface area contributed by atoms with Gasteiger partial charge in [-0.15, -0.1) is 0 Å². The number of fused-ring (bicyclic) bond motifs is 8. The molecule has 36 heteroatoms. The van der Waals surface area contributed by atoms with Gasteiger partial charge in [0.1, 0.15) is 19.8 Å². The van der Waals surface area contributed by atoms with Gasteiger partial charge in [-0.1, -0.05) is 181 Å². The molecule has 664 valence electrons. The second-order valence-electron chi connectivity index (χ2n) is 32.2. The summed E-state index contributed by atoms with van der Waals surface area (Å²) in [5, 5.41) is -10.4. The van der Waals surface area contributed by atoms with E-state index in [1.165, 1.54) is 50.9 Å². The SMILES string of the molecule is CC12CCC(C(=O)OCC(F)C(F)(F)S(=O)(=O)[O-])(OC1=O)C2(C)C.CC12CCC(C(=O)OCC(F)C(F)(F)S(=O)(=O)[O-])(OC1=O)C2(C)C.CC12CCC(C(=O)OCC(F)C(F)(F)S(=O)(=O)[O-])(OC1=O)C2(C)C.c1cc[nH+]cc1.c1ccc([S+](c2ccccc2)c2cccc3ccccc23)cc1.c1ccc([S+](c2ccccc2)c2cccc3ccccc23)cc1. The lowest BCUT2D eigenvalue weighted by Gasteiger charge is -2.34. The zero-order valence-corrected chi connectivity index (χ0v) is 72.2. The molecule has 22 nitrogen and oxygen atoms in total. The highest BCUT2D eigenvalue weighted by Gasteiger charge is 2.79. The van der Waals surface area contributed by atoms with Gasteiger partial charge in [0.15, 0.2) is 72.1 Å². The minimum atomic E-state index is -6.26. The van der Waals surface area contributed by atoms with Gasteiger partial charge in [-0.3, -0.25) is 14.4 Å². The maximum atomic E-state index is 13.4. The highest BCUT2D eigenvalue weighted by Crippen LogP contribution is 2.68. The van der Waals surface area contributed by atoms with Gasteiger partial charge in [0, 0.05) is 39.2 Å². The van der Waals surface area contributed by atoms with Gasteiger partial charge < -0.3 is 42.1 Å². The van der Waals surface area contributed by atoms with Crippen LogP contribution in [-0.2, 0) is 109 Å². The van der Waals surface area contributed by atoms with Crippen molar-refractivity contribution in [3.63, 3.8) is 0 Å². The van der Waals surface area contributed by atoms with Crippen molar-refractivity contribution in [3.8, 4) is 0 Å². The van der Waals surface area contributed by atoms with Crippen molar-refractivity contribution in [2.75, 3.05) is 19.8 Å². The Morgan fingerprint density at radius 3 is 0.790 bits per heavy atom. The van der Waals surface area contributed by atoms with Gasteiger partial charge in [-0.05, 0) is 143 Å². The average molecular weight is 1830 g/mol. The summed E-state index contributed by atoms with van der Waals surface area (Å²) in [6, 6.07) is 79.7. The Kier molecular flexibility index (Phi) is 28.1. The second-order valence-corrected chi connectivity index (χ2v) is 40.5. The first-order valence-corrected chi connectivity index (χ1v) is 45.1. The molecule has 15 rings (SSSR count). The molecule has 3 aliphatic carbocycles. The van der Waals surface area contributed by atoms with Gasteiger partial charge in [0.25, 0.3) is 0 Å². The molecule has 1 N–H and O–H groups in total. The summed E-state index contributed by atoms with van der Waals surface area (Å²) in [6.45, 7) is 9.20. The molecule has 6 aliphatic rings. The Balaban J connectivity index is 0.000000159.